The molecule has 4 N–H and O–H groups in total. The SMILES string of the molecule is C[C@]12CC[C@H](OC(=O)N3CCC(CCO)CC3)C[C@H]1CC[C@@H]1[C@@H]2CC[C@]2(C)[C@@H](C(=O)O)CC[C@]12N. The molecule has 198 valence electrons. The van der Waals surface area contributed by atoms with E-state index in [-0.39, 0.29) is 41.1 Å². The van der Waals surface area contributed by atoms with Crippen molar-refractivity contribution in [3.8, 4) is 0 Å². The summed E-state index contributed by atoms with van der Waals surface area (Å²) in [5, 5.41) is 19.1. The second-order valence-corrected chi connectivity index (χ2v) is 13.1. The van der Waals surface area contributed by atoms with E-state index in [1.54, 1.807) is 0 Å². The number of aliphatic carboxylic acids is 1. The molecule has 8 atom stereocenters. The Morgan fingerprint density at radius 1 is 0.971 bits per heavy atom. The highest BCUT2D eigenvalue weighted by atomic mass is 16.6. The molecule has 0 aromatic rings. The predicted molar refractivity (Wildman–Crippen MR) is 133 cm³/mol. The van der Waals surface area contributed by atoms with E-state index in [2.05, 4.69) is 13.8 Å². The smallest absolute Gasteiger partial charge is 0.410 e. The molecular weight excluding hydrogens is 444 g/mol. The van der Waals surface area contributed by atoms with Crippen LogP contribution >= 0.6 is 0 Å². The van der Waals surface area contributed by atoms with Crippen LogP contribution in [0.5, 0.6) is 0 Å². The van der Waals surface area contributed by atoms with Gasteiger partial charge in [0.15, 0.2) is 0 Å². The molecule has 0 radical (unpaired) electrons. The fraction of sp³-hybridized carbons (Fsp3) is 0.929. The summed E-state index contributed by atoms with van der Waals surface area (Å²) < 4.78 is 6.05. The van der Waals surface area contributed by atoms with Crippen LogP contribution in [0.4, 0.5) is 4.79 Å². The lowest BCUT2D eigenvalue weighted by Gasteiger charge is -2.64. The fourth-order valence-corrected chi connectivity index (χ4v) is 9.60. The molecule has 0 aromatic heterocycles. The van der Waals surface area contributed by atoms with Crippen LogP contribution in [-0.2, 0) is 9.53 Å². The lowest BCUT2D eigenvalue weighted by atomic mass is 9.42. The Kier molecular flexibility index (Phi) is 6.65. The van der Waals surface area contributed by atoms with E-state index < -0.39 is 5.97 Å². The van der Waals surface area contributed by atoms with Gasteiger partial charge in [-0.25, -0.2) is 4.79 Å². The molecule has 4 aliphatic carbocycles. The van der Waals surface area contributed by atoms with Crippen molar-refractivity contribution in [1.29, 1.82) is 0 Å². The third-order valence-corrected chi connectivity index (χ3v) is 11.9. The Morgan fingerprint density at radius 3 is 2.40 bits per heavy atom. The summed E-state index contributed by atoms with van der Waals surface area (Å²) in [6.07, 6.45) is 11.2. The molecule has 1 aliphatic heterocycles. The molecular formula is C28H46N2O5. The quantitative estimate of drug-likeness (QED) is 0.538. The predicted octanol–water partition coefficient (Wildman–Crippen LogP) is 4.41. The van der Waals surface area contributed by atoms with Crippen LogP contribution in [0.1, 0.15) is 90.9 Å². The van der Waals surface area contributed by atoms with Gasteiger partial charge >= 0.3 is 12.1 Å². The van der Waals surface area contributed by atoms with Crippen molar-refractivity contribution in [1.82, 2.24) is 4.90 Å². The van der Waals surface area contributed by atoms with Gasteiger partial charge in [-0.05, 0) is 112 Å². The Labute approximate surface area is 210 Å². The van der Waals surface area contributed by atoms with Gasteiger partial charge in [-0.2, -0.15) is 0 Å². The molecule has 5 rings (SSSR count). The number of likely N-dealkylation sites (tertiary alicyclic amines) is 1. The molecule has 0 unspecified atom stereocenters. The van der Waals surface area contributed by atoms with Gasteiger partial charge in [0.25, 0.3) is 0 Å². The Morgan fingerprint density at radius 2 is 1.71 bits per heavy atom. The molecule has 5 fully saturated rings. The molecule has 0 aromatic carbocycles. The number of nitrogens with zero attached hydrogens (tertiary/aromatic N) is 1. The number of carbonyl (C=O) groups excluding carboxylic acids is 1. The van der Waals surface area contributed by atoms with Crippen LogP contribution in [0.3, 0.4) is 0 Å². The standard InChI is InChI=1S/C28H46N2O5/c1-26-11-5-20(35-25(34)30-14-8-18(9-15-30)10-16-31)17-19(26)3-4-22-21(26)6-12-27(2)23(24(32)33)7-13-28(22,27)29/h18-23,31H,3-17,29H2,1-2H3,(H,32,33)/t19-,20+,21+,22-,23-,26+,27-,28+/m1/s1. The zero-order valence-corrected chi connectivity index (χ0v) is 21.7. The highest BCUT2D eigenvalue weighted by Gasteiger charge is 2.67. The minimum absolute atomic E-state index is 0.00384. The number of rotatable bonds is 4. The van der Waals surface area contributed by atoms with Crippen LogP contribution < -0.4 is 5.73 Å². The Balaban J connectivity index is 1.22. The number of aliphatic hydroxyl groups is 1. The molecule has 1 amide bonds. The Hall–Kier alpha value is -1.34. The Bertz CT molecular complexity index is 828. The second kappa shape index (κ2) is 9.20. The summed E-state index contributed by atoms with van der Waals surface area (Å²) in [7, 11) is 0. The number of carbonyl (C=O) groups is 2. The summed E-state index contributed by atoms with van der Waals surface area (Å²) in [5.74, 6) is 1.000. The normalized spacial score (nSPS) is 45.8. The van der Waals surface area contributed by atoms with E-state index in [1.807, 2.05) is 4.90 Å². The maximum absolute atomic E-state index is 12.9. The van der Waals surface area contributed by atoms with Crippen molar-refractivity contribution in [3.63, 3.8) is 0 Å². The molecule has 0 bridgehead atoms. The second-order valence-electron chi connectivity index (χ2n) is 13.1. The molecule has 35 heavy (non-hydrogen) atoms. The fourth-order valence-electron chi connectivity index (χ4n) is 9.60. The van der Waals surface area contributed by atoms with Crippen LogP contribution in [0.25, 0.3) is 0 Å². The van der Waals surface area contributed by atoms with Crippen molar-refractivity contribution in [2.75, 3.05) is 19.7 Å². The van der Waals surface area contributed by atoms with Gasteiger partial charge in [0.05, 0.1) is 5.92 Å². The van der Waals surface area contributed by atoms with Gasteiger partial charge in [0, 0.05) is 25.2 Å². The molecule has 7 heteroatoms. The van der Waals surface area contributed by atoms with Gasteiger partial charge in [-0.15, -0.1) is 0 Å². The van der Waals surface area contributed by atoms with Crippen molar-refractivity contribution in [2.45, 2.75) is 103 Å². The first-order valence-electron chi connectivity index (χ1n) is 14.2. The average molecular weight is 491 g/mol. The van der Waals surface area contributed by atoms with Crippen molar-refractivity contribution in [3.05, 3.63) is 0 Å². The first-order valence-corrected chi connectivity index (χ1v) is 14.2. The molecule has 0 spiro atoms. The van der Waals surface area contributed by atoms with Gasteiger partial charge in [0.2, 0.25) is 0 Å². The van der Waals surface area contributed by atoms with E-state index in [9.17, 15) is 14.7 Å². The van der Waals surface area contributed by atoms with E-state index in [0.717, 1.165) is 83.7 Å². The summed E-state index contributed by atoms with van der Waals surface area (Å²) in [5.41, 5.74) is 6.73. The van der Waals surface area contributed by atoms with Crippen LogP contribution in [0, 0.1) is 40.4 Å². The number of hydrogen-bond acceptors (Lipinski definition) is 5. The van der Waals surface area contributed by atoms with Gasteiger partial charge in [-0.3, -0.25) is 4.79 Å². The third-order valence-electron chi connectivity index (χ3n) is 11.9. The summed E-state index contributed by atoms with van der Waals surface area (Å²) in [6.45, 7) is 6.30. The molecule has 1 heterocycles. The average Bonchev–Trinajstić information content (AvgIpc) is 3.11. The van der Waals surface area contributed by atoms with Crippen LogP contribution in [0.2, 0.25) is 0 Å². The maximum atomic E-state index is 12.9. The summed E-state index contributed by atoms with van der Waals surface area (Å²) >= 11 is 0. The molecule has 4 saturated carbocycles. The first kappa shape index (κ1) is 25.3. The zero-order valence-electron chi connectivity index (χ0n) is 21.7. The lowest BCUT2D eigenvalue weighted by molar-refractivity contribution is -0.157. The minimum atomic E-state index is -0.668. The number of piperidine rings is 1. The van der Waals surface area contributed by atoms with E-state index in [1.165, 1.54) is 0 Å². The van der Waals surface area contributed by atoms with Gasteiger partial charge < -0.3 is 25.6 Å². The summed E-state index contributed by atoms with van der Waals surface area (Å²) in [6, 6.07) is 0. The number of carboxylic acids is 1. The topological polar surface area (TPSA) is 113 Å². The number of carboxylic acid groups (broad SMARTS) is 1. The van der Waals surface area contributed by atoms with Crippen LogP contribution in [0.15, 0.2) is 0 Å². The highest BCUT2D eigenvalue weighted by molar-refractivity contribution is 5.72. The monoisotopic (exact) mass is 490 g/mol. The highest BCUT2D eigenvalue weighted by Crippen LogP contribution is 2.68. The number of aliphatic hydroxyl groups excluding tert-OH is 1. The largest absolute Gasteiger partial charge is 0.481 e. The number of fused-ring (bicyclic) bond motifs is 5. The van der Waals surface area contributed by atoms with Crippen molar-refractivity contribution in [2.24, 2.45) is 46.2 Å². The van der Waals surface area contributed by atoms with Crippen molar-refractivity contribution >= 4 is 12.1 Å². The lowest BCUT2D eigenvalue weighted by Crippen LogP contribution is -2.66. The van der Waals surface area contributed by atoms with E-state index >= 15 is 0 Å². The minimum Gasteiger partial charge on any atom is -0.481 e. The molecule has 7 nitrogen and oxygen atoms in total. The maximum Gasteiger partial charge on any atom is 0.410 e. The van der Waals surface area contributed by atoms with Gasteiger partial charge in [-0.1, -0.05) is 13.8 Å². The summed E-state index contributed by atoms with van der Waals surface area (Å²) in [4.78, 5) is 26.8. The number of hydrogen-bond donors (Lipinski definition) is 3. The zero-order chi connectivity index (χ0) is 25.0. The molecule has 1 saturated heterocycles. The van der Waals surface area contributed by atoms with Gasteiger partial charge in [0.1, 0.15) is 6.10 Å². The third kappa shape index (κ3) is 4.00. The van der Waals surface area contributed by atoms with Crippen LogP contribution in [-0.4, -0.2) is 58.5 Å². The first-order chi connectivity index (χ1) is 16.6. The van der Waals surface area contributed by atoms with Crippen molar-refractivity contribution < 1.29 is 24.5 Å². The van der Waals surface area contributed by atoms with E-state index in [0.29, 0.717) is 30.1 Å². The number of nitrogens with two attached hydrogens (primary N) is 1. The number of ether oxygens (including phenoxy) is 1. The number of amides is 1. The van der Waals surface area contributed by atoms with E-state index in [4.69, 9.17) is 15.6 Å². The molecule has 5 aliphatic rings.